The van der Waals surface area contributed by atoms with Gasteiger partial charge in [0.2, 0.25) is 5.88 Å². The Morgan fingerprint density at radius 3 is 2.70 bits per heavy atom. The highest BCUT2D eigenvalue weighted by Gasteiger charge is 2.57. The first-order valence-electron chi connectivity index (χ1n) is 6.45. The van der Waals surface area contributed by atoms with E-state index in [1.165, 1.54) is 29.1 Å². The van der Waals surface area contributed by atoms with Crippen molar-refractivity contribution in [1.82, 2.24) is 14.8 Å². The van der Waals surface area contributed by atoms with Gasteiger partial charge in [0.25, 0.3) is 0 Å². The number of carbonyl (C=O) groups is 1. The molecule has 3 rings (SSSR count). The first-order valence-corrected chi connectivity index (χ1v) is 6.83. The number of aromatic nitrogens is 3. The Morgan fingerprint density at radius 1 is 1.39 bits per heavy atom. The molecule has 23 heavy (non-hydrogen) atoms. The molecule has 0 spiro atoms. The second-order valence-electron chi connectivity index (χ2n) is 4.95. The molecular formula is C13H9ClF3N3O3. The number of carboxylic acid groups (broad SMARTS) is 1. The summed E-state index contributed by atoms with van der Waals surface area (Å²) in [6.07, 6.45) is -3.86. The summed E-state index contributed by atoms with van der Waals surface area (Å²) in [6, 6.07) is 4.03. The third kappa shape index (κ3) is 3.24. The van der Waals surface area contributed by atoms with Gasteiger partial charge in [0.1, 0.15) is 11.3 Å². The normalized spacial score (nSPS) is 20.3. The van der Waals surface area contributed by atoms with E-state index < -0.39 is 24.2 Å². The molecule has 2 aromatic rings. The van der Waals surface area contributed by atoms with Gasteiger partial charge in [-0.2, -0.15) is 13.2 Å². The minimum Gasteiger partial charge on any atom is -0.478 e. The highest BCUT2D eigenvalue weighted by molar-refractivity contribution is 6.32. The molecule has 0 aliphatic heterocycles. The average molecular weight is 348 g/mol. The molecule has 1 N–H and O–H groups in total. The van der Waals surface area contributed by atoms with Crippen molar-refractivity contribution in [2.75, 3.05) is 0 Å². The molecule has 6 nitrogen and oxygen atoms in total. The van der Waals surface area contributed by atoms with E-state index >= 15 is 0 Å². The van der Waals surface area contributed by atoms with E-state index in [1.54, 1.807) is 0 Å². The number of carboxylic acids is 1. The number of halogens is 4. The van der Waals surface area contributed by atoms with Crippen molar-refractivity contribution in [3.05, 3.63) is 35.1 Å². The number of pyridine rings is 1. The number of ether oxygens (including phenoxy) is 1. The van der Waals surface area contributed by atoms with Gasteiger partial charge in [-0.15, -0.1) is 5.10 Å². The maximum Gasteiger partial charge on any atom is 0.395 e. The molecule has 1 aliphatic carbocycles. The van der Waals surface area contributed by atoms with Crippen LogP contribution in [0.2, 0.25) is 5.15 Å². The fraction of sp³-hybridized carbons (Fsp3) is 0.308. The highest BCUT2D eigenvalue weighted by Crippen LogP contribution is 2.46. The molecule has 1 aliphatic rings. The fourth-order valence-electron chi connectivity index (χ4n) is 2.01. The van der Waals surface area contributed by atoms with Crippen LogP contribution >= 0.6 is 11.6 Å². The molecular weight excluding hydrogens is 339 g/mol. The van der Waals surface area contributed by atoms with Crippen LogP contribution in [0.15, 0.2) is 24.4 Å². The number of nitrogens with zero attached hydrogens (tertiary/aromatic N) is 3. The van der Waals surface area contributed by atoms with E-state index in [0.717, 1.165) is 0 Å². The summed E-state index contributed by atoms with van der Waals surface area (Å²) in [7, 11) is 0. The summed E-state index contributed by atoms with van der Waals surface area (Å²) < 4.78 is 43.7. The highest BCUT2D eigenvalue weighted by atomic mass is 35.5. The van der Waals surface area contributed by atoms with Crippen LogP contribution in [-0.2, 0) is 0 Å². The van der Waals surface area contributed by atoms with Crippen LogP contribution in [0, 0.1) is 5.92 Å². The van der Waals surface area contributed by atoms with Gasteiger partial charge in [-0.25, -0.2) is 14.5 Å². The van der Waals surface area contributed by atoms with Gasteiger partial charge < -0.3 is 9.84 Å². The van der Waals surface area contributed by atoms with Gasteiger partial charge >= 0.3 is 12.1 Å². The van der Waals surface area contributed by atoms with Gasteiger partial charge in [-0.3, -0.25) is 0 Å². The van der Waals surface area contributed by atoms with Crippen LogP contribution in [0.1, 0.15) is 16.8 Å². The van der Waals surface area contributed by atoms with E-state index in [0.29, 0.717) is 0 Å². The zero-order chi connectivity index (χ0) is 16.8. The first kappa shape index (κ1) is 15.6. The van der Waals surface area contributed by atoms with Gasteiger partial charge in [-0.05, 0) is 18.6 Å². The van der Waals surface area contributed by atoms with Crippen molar-refractivity contribution < 1.29 is 27.8 Å². The Balaban J connectivity index is 1.73. The largest absolute Gasteiger partial charge is 0.478 e. The Kier molecular flexibility index (Phi) is 3.67. The molecule has 0 unspecified atom stereocenters. The molecule has 2 atom stereocenters. The molecule has 122 valence electrons. The van der Waals surface area contributed by atoms with Crippen molar-refractivity contribution in [2.24, 2.45) is 5.92 Å². The third-order valence-electron chi connectivity index (χ3n) is 3.29. The molecule has 0 radical (unpaired) electrons. The smallest absolute Gasteiger partial charge is 0.395 e. The number of hydrogen-bond acceptors (Lipinski definition) is 4. The Morgan fingerprint density at radius 2 is 2.13 bits per heavy atom. The van der Waals surface area contributed by atoms with Crippen molar-refractivity contribution in [2.45, 2.75) is 18.7 Å². The maximum absolute atomic E-state index is 12.4. The second-order valence-corrected chi connectivity index (χ2v) is 5.31. The molecule has 1 saturated carbocycles. The number of rotatable bonds is 4. The van der Waals surface area contributed by atoms with E-state index in [1.807, 2.05) is 0 Å². The van der Waals surface area contributed by atoms with Crippen molar-refractivity contribution >= 4 is 17.6 Å². The Bertz CT molecular complexity index is 762. The lowest BCUT2D eigenvalue weighted by molar-refractivity contribution is -0.153. The molecule has 2 aromatic heterocycles. The zero-order valence-electron chi connectivity index (χ0n) is 11.3. The second kappa shape index (κ2) is 5.41. The van der Waals surface area contributed by atoms with E-state index in [-0.39, 0.29) is 28.8 Å². The summed E-state index contributed by atoms with van der Waals surface area (Å²) in [4.78, 5) is 14.7. The number of aromatic carboxylic acids is 1. The molecule has 0 saturated heterocycles. The lowest BCUT2D eigenvalue weighted by Gasteiger charge is -2.06. The van der Waals surface area contributed by atoms with Crippen LogP contribution in [0.4, 0.5) is 13.2 Å². The maximum atomic E-state index is 12.4. The predicted octanol–water partition coefficient (Wildman–Crippen LogP) is 2.95. The molecule has 2 heterocycles. The van der Waals surface area contributed by atoms with Crippen molar-refractivity contribution in [3.8, 4) is 11.7 Å². The summed E-state index contributed by atoms with van der Waals surface area (Å²) in [5.74, 6) is -2.43. The van der Waals surface area contributed by atoms with Crippen LogP contribution < -0.4 is 4.74 Å². The molecule has 0 aromatic carbocycles. The van der Waals surface area contributed by atoms with Crippen molar-refractivity contribution in [3.63, 3.8) is 0 Å². The fourth-order valence-corrected chi connectivity index (χ4v) is 2.24. The Labute approximate surface area is 132 Å². The molecule has 10 heteroatoms. The van der Waals surface area contributed by atoms with Crippen molar-refractivity contribution in [1.29, 1.82) is 0 Å². The van der Waals surface area contributed by atoms with Crippen LogP contribution in [0.3, 0.4) is 0 Å². The quantitative estimate of drug-likeness (QED) is 0.860. The summed E-state index contributed by atoms with van der Waals surface area (Å²) in [5.41, 5.74) is -0.162. The van der Waals surface area contributed by atoms with E-state index in [4.69, 9.17) is 21.4 Å². The zero-order valence-corrected chi connectivity index (χ0v) is 12.0. The van der Waals surface area contributed by atoms with Gasteiger partial charge in [0.15, 0.2) is 5.82 Å². The number of hydrogen-bond donors (Lipinski definition) is 1. The summed E-state index contributed by atoms with van der Waals surface area (Å²) in [6.45, 7) is 0. The third-order valence-corrected chi connectivity index (χ3v) is 3.58. The van der Waals surface area contributed by atoms with Gasteiger partial charge in [0, 0.05) is 12.3 Å². The SMILES string of the molecule is O=C(O)c1ccc(-n2ccc(O[C@H]3C[C@H]3C(F)(F)F)n2)nc1Cl. The summed E-state index contributed by atoms with van der Waals surface area (Å²) >= 11 is 5.76. The lowest BCUT2D eigenvalue weighted by atomic mass is 10.3. The van der Waals surface area contributed by atoms with E-state index in [9.17, 15) is 18.0 Å². The average Bonchev–Trinajstić information content (AvgIpc) is 3.07. The van der Waals surface area contributed by atoms with Gasteiger partial charge in [-0.1, -0.05) is 11.6 Å². The monoisotopic (exact) mass is 347 g/mol. The molecule has 0 bridgehead atoms. The molecule has 0 amide bonds. The Hall–Kier alpha value is -2.29. The predicted molar refractivity (Wildman–Crippen MR) is 71.9 cm³/mol. The van der Waals surface area contributed by atoms with Crippen LogP contribution in [0.5, 0.6) is 5.88 Å². The molecule has 1 fully saturated rings. The van der Waals surface area contributed by atoms with E-state index in [2.05, 4.69) is 10.1 Å². The minimum atomic E-state index is -4.27. The number of alkyl halides is 3. The summed E-state index contributed by atoms with van der Waals surface area (Å²) in [5, 5.41) is 12.6. The topological polar surface area (TPSA) is 77.2 Å². The lowest BCUT2D eigenvalue weighted by Crippen LogP contribution is -2.16. The standard InChI is InChI=1S/C13H9ClF3N3O3/c14-11-6(12(21)22)1-2-9(18-11)20-4-3-10(19-20)23-8-5-7(8)13(15,16)17/h1-4,7-8H,5H2,(H,21,22)/t7-,8+/m1/s1. The first-order chi connectivity index (χ1) is 10.8. The van der Waals surface area contributed by atoms with Crippen LogP contribution in [0.25, 0.3) is 5.82 Å². The van der Waals surface area contributed by atoms with Gasteiger partial charge in [0.05, 0.1) is 11.5 Å². The minimum absolute atomic E-state index is 0.0296. The van der Waals surface area contributed by atoms with Crippen LogP contribution in [-0.4, -0.2) is 38.1 Å².